The topological polar surface area (TPSA) is 75.6 Å². The van der Waals surface area contributed by atoms with Gasteiger partial charge in [0.25, 0.3) is 5.24 Å². The predicted octanol–water partition coefficient (Wildman–Crippen LogP) is 2.04. The average molecular weight is 285 g/mol. The number of amides is 2. The number of thioether (sulfide) groups is 1. The van der Waals surface area contributed by atoms with E-state index in [-0.39, 0.29) is 34.5 Å². The summed E-state index contributed by atoms with van der Waals surface area (Å²) < 4.78 is 18.0. The molecule has 19 heavy (non-hydrogen) atoms. The maximum absolute atomic E-state index is 12.7. The maximum Gasteiger partial charge on any atom is 0.286 e. The number of rotatable bonds is 5. The number of imide groups is 1. The van der Waals surface area contributed by atoms with Crippen LogP contribution in [0.3, 0.4) is 0 Å². The monoisotopic (exact) mass is 285 g/mol. The van der Waals surface area contributed by atoms with Crippen molar-refractivity contribution in [3.8, 4) is 11.5 Å². The highest BCUT2D eigenvalue weighted by Crippen LogP contribution is 2.27. The molecule has 1 saturated heterocycles. The number of ether oxygens (including phenoxy) is 1. The Kier molecular flexibility index (Phi) is 4.26. The van der Waals surface area contributed by atoms with Crippen molar-refractivity contribution >= 4 is 22.9 Å². The number of phenolic OH excluding ortho intramolecular Hbond substituents is 1. The summed E-state index contributed by atoms with van der Waals surface area (Å²) in [6.45, 7) is 0.276. The number of phenols is 1. The second-order valence-corrected chi connectivity index (χ2v) is 5.16. The van der Waals surface area contributed by atoms with E-state index in [1.807, 2.05) is 0 Å². The van der Waals surface area contributed by atoms with Crippen LogP contribution in [0.15, 0.2) is 18.2 Å². The molecule has 2 amide bonds. The summed E-state index contributed by atoms with van der Waals surface area (Å²) >= 11 is 0.971. The number of carbonyl (C=O) groups is 2. The number of aromatic hydroxyl groups is 1. The van der Waals surface area contributed by atoms with Crippen LogP contribution in [-0.4, -0.2) is 28.1 Å². The highest BCUT2D eigenvalue weighted by atomic mass is 32.2. The summed E-state index contributed by atoms with van der Waals surface area (Å²) in [5.41, 5.74) is 0. The van der Waals surface area contributed by atoms with E-state index in [2.05, 4.69) is 5.32 Å². The van der Waals surface area contributed by atoms with E-state index in [9.17, 15) is 19.1 Å². The molecule has 1 heterocycles. The van der Waals surface area contributed by atoms with E-state index in [1.54, 1.807) is 0 Å². The predicted molar refractivity (Wildman–Crippen MR) is 67.7 cm³/mol. The molecule has 1 fully saturated rings. The Labute approximate surface area is 113 Å². The first kappa shape index (κ1) is 13.7. The maximum atomic E-state index is 12.7. The Hall–Kier alpha value is -1.76. The standard InChI is InChI=1S/C12H12FNO4S/c13-7-3-4-9(8(15)6-7)18-5-1-2-10-11(16)14-12(17)19-10/h3-4,6,10,15H,1-2,5H2,(H,14,16,17). The fraction of sp³-hybridized carbons (Fsp3) is 0.333. The lowest BCUT2D eigenvalue weighted by Gasteiger charge is -2.09. The molecule has 1 atom stereocenters. The van der Waals surface area contributed by atoms with Crippen molar-refractivity contribution in [2.45, 2.75) is 18.1 Å². The van der Waals surface area contributed by atoms with Gasteiger partial charge in [0, 0.05) is 6.07 Å². The van der Waals surface area contributed by atoms with Crippen molar-refractivity contribution < 1.29 is 23.8 Å². The van der Waals surface area contributed by atoms with Gasteiger partial charge in [-0.3, -0.25) is 14.9 Å². The quantitative estimate of drug-likeness (QED) is 0.810. The van der Waals surface area contributed by atoms with E-state index in [0.717, 1.165) is 17.8 Å². The van der Waals surface area contributed by atoms with Gasteiger partial charge in [-0.1, -0.05) is 11.8 Å². The average Bonchev–Trinajstić information content (AvgIpc) is 2.65. The van der Waals surface area contributed by atoms with E-state index in [4.69, 9.17) is 4.74 Å². The van der Waals surface area contributed by atoms with E-state index >= 15 is 0 Å². The first-order valence-corrected chi connectivity index (χ1v) is 6.57. The summed E-state index contributed by atoms with van der Waals surface area (Å²) in [5, 5.41) is 10.9. The second-order valence-electron chi connectivity index (χ2n) is 3.99. The largest absolute Gasteiger partial charge is 0.504 e. The van der Waals surface area contributed by atoms with Gasteiger partial charge in [-0.25, -0.2) is 4.39 Å². The third kappa shape index (κ3) is 3.60. The van der Waals surface area contributed by atoms with Crippen LogP contribution in [0.2, 0.25) is 0 Å². The molecule has 0 spiro atoms. The van der Waals surface area contributed by atoms with Gasteiger partial charge in [-0.15, -0.1) is 0 Å². The van der Waals surface area contributed by atoms with E-state index in [0.29, 0.717) is 12.8 Å². The lowest BCUT2D eigenvalue weighted by atomic mass is 10.2. The van der Waals surface area contributed by atoms with Crippen molar-refractivity contribution in [2.24, 2.45) is 0 Å². The van der Waals surface area contributed by atoms with Crippen molar-refractivity contribution in [2.75, 3.05) is 6.61 Å². The molecule has 7 heteroatoms. The molecule has 1 aliphatic rings. The van der Waals surface area contributed by atoms with E-state index in [1.165, 1.54) is 12.1 Å². The second kappa shape index (κ2) is 5.92. The molecule has 0 bridgehead atoms. The van der Waals surface area contributed by atoms with Crippen LogP contribution >= 0.6 is 11.8 Å². The number of halogens is 1. The molecule has 2 N–H and O–H groups in total. The van der Waals surface area contributed by atoms with Gasteiger partial charge in [-0.2, -0.15) is 0 Å². The molecule has 0 aromatic heterocycles. The van der Waals surface area contributed by atoms with Gasteiger partial charge in [0.1, 0.15) is 5.82 Å². The van der Waals surface area contributed by atoms with Crippen molar-refractivity contribution in [1.29, 1.82) is 0 Å². The number of nitrogens with one attached hydrogen (secondary N) is 1. The summed E-state index contributed by atoms with van der Waals surface area (Å²) in [4.78, 5) is 22.2. The molecule has 0 saturated carbocycles. The zero-order valence-corrected chi connectivity index (χ0v) is 10.7. The van der Waals surface area contributed by atoms with Crippen LogP contribution in [0.5, 0.6) is 11.5 Å². The third-order valence-corrected chi connectivity index (χ3v) is 3.61. The van der Waals surface area contributed by atoms with Crippen LogP contribution in [0, 0.1) is 5.82 Å². The van der Waals surface area contributed by atoms with Gasteiger partial charge < -0.3 is 9.84 Å². The fourth-order valence-electron chi connectivity index (χ4n) is 1.65. The number of benzene rings is 1. The normalized spacial score (nSPS) is 18.5. The highest BCUT2D eigenvalue weighted by molar-refractivity contribution is 8.15. The molecular weight excluding hydrogens is 273 g/mol. The highest BCUT2D eigenvalue weighted by Gasteiger charge is 2.30. The van der Waals surface area contributed by atoms with Crippen LogP contribution in [0.25, 0.3) is 0 Å². The van der Waals surface area contributed by atoms with Crippen LogP contribution in [0.1, 0.15) is 12.8 Å². The molecule has 5 nitrogen and oxygen atoms in total. The van der Waals surface area contributed by atoms with Crippen LogP contribution in [-0.2, 0) is 4.79 Å². The number of carbonyl (C=O) groups excluding carboxylic acids is 2. The Bertz CT molecular complexity index is 509. The molecule has 1 aromatic rings. The van der Waals surface area contributed by atoms with Crippen LogP contribution in [0.4, 0.5) is 9.18 Å². The zero-order chi connectivity index (χ0) is 13.8. The molecule has 102 valence electrons. The molecule has 0 radical (unpaired) electrons. The van der Waals surface area contributed by atoms with Crippen molar-refractivity contribution in [3.63, 3.8) is 0 Å². The molecule has 0 aliphatic carbocycles. The van der Waals surface area contributed by atoms with Crippen LogP contribution < -0.4 is 10.1 Å². The fourth-order valence-corrected chi connectivity index (χ4v) is 2.52. The lowest BCUT2D eigenvalue weighted by molar-refractivity contribution is -0.119. The van der Waals surface area contributed by atoms with Crippen molar-refractivity contribution in [1.82, 2.24) is 5.32 Å². The summed E-state index contributed by atoms with van der Waals surface area (Å²) in [6.07, 6.45) is 1.05. The van der Waals surface area contributed by atoms with Gasteiger partial charge in [-0.05, 0) is 25.0 Å². The Morgan fingerprint density at radius 3 is 2.84 bits per heavy atom. The molecular formula is C12H12FNO4S. The lowest BCUT2D eigenvalue weighted by Crippen LogP contribution is -2.24. The Morgan fingerprint density at radius 1 is 1.42 bits per heavy atom. The Balaban J connectivity index is 1.75. The first-order chi connectivity index (χ1) is 9.06. The summed E-state index contributed by atoms with van der Waals surface area (Å²) in [5.74, 6) is -0.883. The number of hydrogen-bond acceptors (Lipinski definition) is 5. The molecule has 2 rings (SSSR count). The van der Waals surface area contributed by atoms with Gasteiger partial charge in [0.15, 0.2) is 11.5 Å². The summed E-state index contributed by atoms with van der Waals surface area (Å²) in [7, 11) is 0. The SMILES string of the molecule is O=C1NC(=O)C(CCCOc2ccc(F)cc2O)S1. The Morgan fingerprint density at radius 2 is 2.21 bits per heavy atom. The minimum absolute atomic E-state index is 0.195. The van der Waals surface area contributed by atoms with Crippen molar-refractivity contribution in [3.05, 3.63) is 24.0 Å². The summed E-state index contributed by atoms with van der Waals surface area (Å²) in [6, 6.07) is 3.49. The minimum atomic E-state index is -0.539. The first-order valence-electron chi connectivity index (χ1n) is 5.69. The number of hydrogen-bond donors (Lipinski definition) is 2. The zero-order valence-electron chi connectivity index (χ0n) is 9.89. The van der Waals surface area contributed by atoms with E-state index < -0.39 is 5.82 Å². The molecule has 1 aliphatic heterocycles. The molecule has 1 unspecified atom stereocenters. The smallest absolute Gasteiger partial charge is 0.286 e. The minimum Gasteiger partial charge on any atom is -0.504 e. The van der Waals surface area contributed by atoms with Gasteiger partial charge in [0.2, 0.25) is 5.91 Å². The van der Waals surface area contributed by atoms with Gasteiger partial charge >= 0.3 is 0 Å². The molecule has 1 aromatic carbocycles. The van der Waals surface area contributed by atoms with Gasteiger partial charge in [0.05, 0.1) is 11.9 Å². The third-order valence-electron chi connectivity index (χ3n) is 2.56.